The maximum Gasteiger partial charge on any atom is 0.337 e. The Balaban J connectivity index is 1.94. The van der Waals surface area contributed by atoms with Gasteiger partial charge in [-0.2, -0.15) is 0 Å². The zero-order valence-corrected chi connectivity index (χ0v) is 17.9. The lowest BCUT2D eigenvalue weighted by Gasteiger charge is -2.19. The smallest absolute Gasteiger partial charge is 0.337 e. The van der Waals surface area contributed by atoms with Crippen molar-refractivity contribution < 1.29 is 8.78 Å². The van der Waals surface area contributed by atoms with Crippen molar-refractivity contribution in [1.29, 1.82) is 0 Å². The van der Waals surface area contributed by atoms with Gasteiger partial charge >= 0.3 is 5.69 Å². The predicted octanol–water partition coefficient (Wildman–Crippen LogP) is 1.47. The number of hydrogen-bond donors (Lipinski definition) is 1. The number of anilines is 2. The third-order valence-electron chi connectivity index (χ3n) is 5.85. The van der Waals surface area contributed by atoms with E-state index in [1.807, 2.05) is 20.0 Å². The van der Waals surface area contributed by atoms with Crippen molar-refractivity contribution in [3.05, 3.63) is 91.4 Å². The summed E-state index contributed by atoms with van der Waals surface area (Å²) in [6.07, 6.45) is 1.21. The molecule has 5 rings (SSSR count). The molecule has 0 aliphatic heterocycles. The monoisotopic (exact) mass is 448 g/mol. The topological polar surface area (TPSA) is 78.0 Å². The number of aryl methyl sites for hydroxylation is 1. The SMILES string of the molecule is Bc1ccc(Nc2cc(=O)n(C)c3c2c(=O)n(C2CC2)c(=O)n3-c2c(F)cccc2F)cc1. The van der Waals surface area contributed by atoms with Crippen LogP contribution in [0.3, 0.4) is 0 Å². The molecule has 1 N–H and O–H groups in total. The summed E-state index contributed by atoms with van der Waals surface area (Å²) in [6.45, 7) is 0. The molecule has 4 aromatic rings. The highest BCUT2D eigenvalue weighted by molar-refractivity contribution is 6.32. The number of rotatable bonds is 4. The van der Waals surface area contributed by atoms with Crippen LogP contribution in [0.4, 0.5) is 20.2 Å². The Morgan fingerprint density at radius 2 is 1.64 bits per heavy atom. The number of pyridine rings is 1. The Labute approximate surface area is 186 Å². The van der Waals surface area contributed by atoms with Crippen LogP contribution < -0.4 is 27.6 Å². The number of fused-ring (bicyclic) bond motifs is 1. The lowest BCUT2D eigenvalue weighted by atomic mass is 9.96. The highest BCUT2D eigenvalue weighted by Gasteiger charge is 2.32. The molecule has 2 aromatic carbocycles. The quantitative estimate of drug-likeness (QED) is 0.480. The van der Waals surface area contributed by atoms with Gasteiger partial charge in [0.25, 0.3) is 11.1 Å². The molecule has 0 amide bonds. The minimum Gasteiger partial charge on any atom is -0.355 e. The molecule has 10 heteroatoms. The number of halogens is 2. The van der Waals surface area contributed by atoms with Gasteiger partial charge in [0, 0.05) is 24.8 Å². The Kier molecular flexibility index (Phi) is 4.81. The lowest BCUT2D eigenvalue weighted by Crippen LogP contribution is -2.42. The van der Waals surface area contributed by atoms with E-state index in [0.29, 0.717) is 18.5 Å². The molecule has 7 nitrogen and oxygen atoms in total. The third-order valence-corrected chi connectivity index (χ3v) is 5.85. The van der Waals surface area contributed by atoms with Gasteiger partial charge in [-0.25, -0.2) is 18.1 Å². The third kappa shape index (κ3) is 3.38. The Morgan fingerprint density at radius 3 is 2.24 bits per heavy atom. The molecular weight excluding hydrogens is 429 g/mol. The number of hydrogen-bond acceptors (Lipinski definition) is 4. The van der Waals surface area contributed by atoms with Crippen LogP contribution in [0.1, 0.15) is 18.9 Å². The summed E-state index contributed by atoms with van der Waals surface area (Å²) in [6, 6.07) is 11.4. The number of aromatic nitrogens is 3. The van der Waals surface area contributed by atoms with E-state index in [1.165, 1.54) is 19.2 Å². The normalized spacial score (nSPS) is 13.4. The standard InChI is InChI=1S/C23H19BF2N4O3/c1-28-18(31)11-17(27-13-7-5-12(24)6-8-13)19-21(28)30(20-15(25)3-2-4-16(20)26)23(33)29(22(19)32)14-9-10-14/h2-8,11,14,27H,9-10,24H2,1H3. The summed E-state index contributed by atoms with van der Waals surface area (Å²) >= 11 is 0. The fourth-order valence-electron chi connectivity index (χ4n) is 4.01. The van der Waals surface area contributed by atoms with E-state index in [2.05, 4.69) is 5.32 Å². The van der Waals surface area contributed by atoms with E-state index in [4.69, 9.17) is 0 Å². The molecule has 0 spiro atoms. The van der Waals surface area contributed by atoms with Crippen molar-refractivity contribution in [3.8, 4) is 5.69 Å². The summed E-state index contributed by atoms with van der Waals surface area (Å²) in [5.74, 6) is -1.97. The first kappa shape index (κ1) is 20.9. The van der Waals surface area contributed by atoms with Crippen LogP contribution in [0, 0.1) is 11.6 Å². The Bertz CT molecular complexity index is 1580. The van der Waals surface area contributed by atoms with E-state index in [1.54, 1.807) is 12.1 Å². The van der Waals surface area contributed by atoms with Crippen LogP contribution in [0.25, 0.3) is 16.7 Å². The highest BCUT2D eigenvalue weighted by atomic mass is 19.1. The summed E-state index contributed by atoms with van der Waals surface area (Å²) in [7, 11) is 3.28. The molecule has 0 saturated heterocycles. The van der Waals surface area contributed by atoms with E-state index >= 15 is 0 Å². The molecule has 1 aliphatic carbocycles. The second-order valence-electron chi connectivity index (χ2n) is 8.24. The van der Waals surface area contributed by atoms with Gasteiger partial charge in [0.2, 0.25) is 0 Å². The van der Waals surface area contributed by atoms with Crippen LogP contribution >= 0.6 is 0 Å². The summed E-state index contributed by atoms with van der Waals surface area (Å²) in [5.41, 5.74) is -1.08. The second-order valence-corrected chi connectivity index (χ2v) is 8.24. The van der Waals surface area contributed by atoms with Gasteiger partial charge < -0.3 is 5.32 Å². The van der Waals surface area contributed by atoms with E-state index in [0.717, 1.165) is 31.3 Å². The summed E-state index contributed by atoms with van der Waals surface area (Å²) in [5, 5.41) is 3.06. The average Bonchev–Trinajstić information content (AvgIpc) is 3.60. The molecule has 1 saturated carbocycles. The zero-order chi connectivity index (χ0) is 23.4. The van der Waals surface area contributed by atoms with Crippen LogP contribution in [-0.2, 0) is 7.05 Å². The molecular formula is C23H19BF2N4O3. The van der Waals surface area contributed by atoms with E-state index < -0.39 is 34.1 Å². The van der Waals surface area contributed by atoms with E-state index in [-0.39, 0.29) is 22.8 Å². The van der Waals surface area contributed by atoms with Gasteiger partial charge in [-0.05, 0) is 37.1 Å². The van der Waals surface area contributed by atoms with Crippen molar-refractivity contribution in [2.24, 2.45) is 7.05 Å². The molecule has 0 atom stereocenters. The molecule has 166 valence electrons. The largest absolute Gasteiger partial charge is 0.355 e. The van der Waals surface area contributed by atoms with Gasteiger partial charge in [-0.3, -0.25) is 18.7 Å². The summed E-state index contributed by atoms with van der Waals surface area (Å²) < 4.78 is 32.5. The van der Waals surface area contributed by atoms with Crippen molar-refractivity contribution in [3.63, 3.8) is 0 Å². The Hall–Kier alpha value is -3.95. The minimum atomic E-state index is -0.983. The second kappa shape index (κ2) is 7.58. The number of nitrogens with zero attached hydrogens (tertiary/aromatic N) is 3. The highest BCUT2D eigenvalue weighted by Crippen LogP contribution is 2.33. The first-order valence-corrected chi connectivity index (χ1v) is 10.5. The number of nitrogens with one attached hydrogen (secondary N) is 1. The van der Waals surface area contributed by atoms with Gasteiger partial charge in [0.1, 0.15) is 36.2 Å². The van der Waals surface area contributed by atoms with Crippen molar-refractivity contribution in [1.82, 2.24) is 13.7 Å². The van der Waals surface area contributed by atoms with Crippen LogP contribution in [-0.4, -0.2) is 21.5 Å². The van der Waals surface area contributed by atoms with Crippen LogP contribution in [0.5, 0.6) is 0 Å². The maximum atomic E-state index is 14.8. The number of benzene rings is 2. The first-order chi connectivity index (χ1) is 15.8. The van der Waals surface area contributed by atoms with E-state index in [9.17, 15) is 23.2 Å². The van der Waals surface area contributed by atoms with Crippen molar-refractivity contribution in [2.45, 2.75) is 18.9 Å². The van der Waals surface area contributed by atoms with Gasteiger partial charge in [0.05, 0.1) is 5.69 Å². The Morgan fingerprint density at radius 1 is 1.00 bits per heavy atom. The number of para-hydroxylation sites is 1. The molecule has 2 aromatic heterocycles. The van der Waals surface area contributed by atoms with Crippen molar-refractivity contribution in [2.75, 3.05) is 5.32 Å². The minimum absolute atomic E-state index is 0.00757. The van der Waals surface area contributed by atoms with Crippen LogP contribution in [0.15, 0.2) is 62.9 Å². The fraction of sp³-hybridized carbons (Fsp3) is 0.174. The van der Waals surface area contributed by atoms with Gasteiger partial charge in [0.15, 0.2) is 0 Å². The molecule has 0 unspecified atom stereocenters. The fourth-order valence-corrected chi connectivity index (χ4v) is 4.01. The molecule has 1 fully saturated rings. The van der Waals surface area contributed by atoms with Crippen molar-refractivity contribution >= 4 is 35.7 Å². The van der Waals surface area contributed by atoms with Gasteiger partial charge in [-0.1, -0.05) is 23.7 Å². The van der Waals surface area contributed by atoms with Crippen LogP contribution in [0.2, 0.25) is 0 Å². The lowest BCUT2D eigenvalue weighted by molar-refractivity contribution is 0.554. The molecule has 0 bridgehead atoms. The molecule has 2 heterocycles. The maximum absolute atomic E-state index is 14.8. The molecule has 0 radical (unpaired) electrons. The molecule has 33 heavy (non-hydrogen) atoms. The zero-order valence-electron chi connectivity index (χ0n) is 17.9. The first-order valence-electron chi connectivity index (χ1n) is 10.5. The predicted molar refractivity (Wildman–Crippen MR) is 125 cm³/mol. The summed E-state index contributed by atoms with van der Waals surface area (Å²) in [4.78, 5) is 39.8. The van der Waals surface area contributed by atoms with Gasteiger partial charge in [-0.15, -0.1) is 0 Å². The molecule has 1 aliphatic rings. The average molecular weight is 448 g/mol.